The van der Waals surface area contributed by atoms with Crippen molar-refractivity contribution in [1.82, 2.24) is 0 Å². The van der Waals surface area contributed by atoms with E-state index in [9.17, 15) is 9.59 Å². The highest BCUT2D eigenvalue weighted by atomic mass is 79.9. The molecule has 0 saturated heterocycles. The number of rotatable bonds is 5. The predicted molar refractivity (Wildman–Crippen MR) is 101 cm³/mol. The molecule has 2 aromatic heterocycles. The zero-order valence-electron chi connectivity index (χ0n) is 14.9. The number of methoxy groups -OCH3 is 1. The summed E-state index contributed by atoms with van der Waals surface area (Å²) < 4.78 is 6.59. The molecule has 0 unspecified atom stereocenters. The number of pyridine rings is 1. The summed E-state index contributed by atoms with van der Waals surface area (Å²) in [4.78, 5) is 24.7. The van der Waals surface area contributed by atoms with Gasteiger partial charge in [0.05, 0.1) is 12.8 Å². The van der Waals surface area contributed by atoms with E-state index in [1.807, 2.05) is 71.7 Å². The molecule has 0 fully saturated rings. The van der Waals surface area contributed by atoms with Crippen LogP contribution in [-0.2, 0) is 16.1 Å². The van der Waals surface area contributed by atoms with Crippen LogP contribution in [0.15, 0.2) is 60.2 Å². The summed E-state index contributed by atoms with van der Waals surface area (Å²) in [6, 6.07) is 13.9. The van der Waals surface area contributed by atoms with Gasteiger partial charge in [0.2, 0.25) is 6.54 Å². The van der Waals surface area contributed by atoms with Crippen molar-refractivity contribution in [3.05, 3.63) is 70.7 Å². The van der Waals surface area contributed by atoms with Crippen LogP contribution in [0.4, 0.5) is 5.69 Å². The van der Waals surface area contributed by atoms with Crippen molar-refractivity contribution >= 4 is 28.9 Å². The molecule has 5 nitrogen and oxygen atoms in total. The number of hydrogen-bond acceptors (Lipinski definition) is 4. The molecule has 7 heteroatoms. The van der Waals surface area contributed by atoms with Crippen molar-refractivity contribution in [2.24, 2.45) is 0 Å². The highest BCUT2D eigenvalue weighted by Crippen LogP contribution is 2.28. The molecule has 140 valence electrons. The van der Waals surface area contributed by atoms with Crippen LogP contribution in [0, 0.1) is 6.92 Å². The normalized spacial score (nSPS) is 10.0. The molecule has 0 spiro atoms. The van der Waals surface area contributed by atoms with Gasteiger partial charge >= 0.3 is 5.97 Å². The molecule has 0 atom stereocenters. The summed E-state index contributed by atoms with van der Waals surface area (Å²) in [5.74, 6) is -0.649. The Hall–Kier alpha value is -2.51. The standard InChI is InChI=1S/C20H18N2O3S.BrH/c1-14-13-26-19(20(24)25-2)18(14)21-17(23)12-22-10-6-9-16(11-22)15-7-4-3-5-8-15;/h3-11,13H,12H2,1-2H3;1H. The molecule has 2 heterocycles. The Morgan fingerprint density at radius 1 is 1.11 bits per heavy atom. The lowest BCUT2D eigenvalue weighted by Crippen LogP contribution is -3.00. The van der Waals surface area contributed by atoms with Gasteiger partial charge in [0.15, 0.2) is 12.4 Å². The fraction of sp³-hybridized carbons (Fsp3) is 0.150. The maximum Gasteiger partial charge on any atom is 0.350 e. The van der Waals surface area contributed by atoms with Crippen molar-refractivity contribution in [2.75, 3.05) is 12.4 Å². The summed E-state index contributed by atoms with van der Waals surface area (Å²) in [5.41, 5.74) is 3.48. The van der Waals surface area contributed by atoms with E-state index in [4.69, 9.17) is 4.74 Å². The molecule has 1 aromatic carbocycles. The van der Waals surface area contributed by atoms with Gasteiger partial charge in [-0.2, -0.15) is 4.57 Å². The first-order valence-electron chi connectivity index (χ1n) is 8.09. The number of aryl methyl sites for hydroxylation is 1. The Labute approximate surface area is 172 Å². The quantitative estimate of drug-likeness (QED) is 0.456. The Kier molecular flexibility index (Phi) is 7.27. The molecule has 0 radical (unpaired) electrons. The number of carbonyl (C=O) groups excluding carboxylic acids is 2. The van der Waals surface area contributed by atoms with Crippen molar-refractivity contribution in [3.8, 4) is 11.1 Å². The van der Waals surface area contributed by atoms with Gasteiger partial charge in [-0.15, -0.1) is 11.3 Å². The second-order valence-electron chi connectivity index (χ2n) is 5.79. The number of aromatic nitrogens is 1. The smallest absolute Gasteiger partial charge is 0.350 e. The van der Waals surface area contributed by atoms with E-state index in [-0.39, 0.29) is 29.4 Å². The van der Waals surface area contributed by atoms with E-state index in [1.165, 1.54) is 18.4 Å². The number of ether oxygens (including phenoxy) is 1. The first-order chi connectivity index (χ1) is 12.6. The predicted octanol–water partition coefficient (Wildman–Crippen LogP) is 0.440. The van der Waals surface area contributed by atoms with Crippen LogP contribution >= 0.6 is 11.3 Å². The molecular formula is C20H19BrN2O3S. The molecule has 0 aliphatic carbocycles. The van der Waals surface area contributed by atoms with Crippen molar-refractivity contribution in [2.45, 2.75) is 13.5 Å². The molecule has 1 amide bonds. The molecule has 0 aliphatic heterocycles. The fourth-order valence-corrected chi connectivity index (χ4v) is 3.53. The molecule has 1 N–H and O–H groups in total. The van der Waals surface area contributed by atoms with Crippen LogP contribution in [0.3, 0.4) is 0 Å². The number of carbonyl (C=O) groups is 2. The number of benzene rings is 1. The van der Waals surface area contributed by atoms with Crippen LogP contribution in [0.1, 0.15) is 15.2 Å². The number of amides is 1. The van der Waals surface area contributed by atoms with Gasteiger partial charge in [-0.1, -0.05) is 30.3 Å². The van der Waals surface area contributed by atoms with E-state index in [0.29, 0.717) is 10.6 Å². The van der Waals surface area contributed by atoms with Crippen LogP contribution in [0.5, 0.6) is 0 Å². The highest BCUT2D eigenvalue weighted by molar-refractivity contribution is 7.12. The summed E-state index contributed by atoms with van der Waals surface area (Å²) in [7, 11) is 1.33. The number of halogens is 1. The van der Waals surface area contributed by atoms with E-state index >= 15 is 0 Å². The van der Waals surface area contributed by atoms with Gasteiger partial charge in [-0.25, -0.2) is 4.79 Å². The average Bonchev–Trinajstić information content (AvgIpc) is 3.02. The third-order valence-corrected chi connectivity index (χ3v) is 4.98. The zero-order valence-corrected chi connectivity index (χ0v) is 17.3. The van der Waals surface area contributed by atoms with E-state index in [2.05, 4.69) is 5.32 Å². The van der Waals surface area contributed by atoms with Crippen molar-refractivity contribution in [1.29, 1.82) is 0 Å². The van der Waals surface area contributed by atoms with Gasteiger partial charge in [0.25, 0.3) is 5.91 Å². The minimum atomic E-state index is -0.447. The van der Waals surface area contributed by atoms with E-state index in [1.54, 1.807) is 0 Å². The maximum atomic E-state index is 12.5. The highest BCUT2D eigenvalue weighted by Gasteiger charge is 2.20. The second kappa shape index (κ2) is 9.43. The fourth-order valence-electron chi connectivity index (χ4n) is 2.61. The lowest BCUT2D eigenvalue weighted by molar-refractivity contribution is -0.683. The molecule has 3 aromatic rings. The summed E-state index contributed by atoms with van der Waals surface area (Å²) in [6.07, 6.45) is 3.77. The maximum absolute atomic E-state index is 12.5. The second-order valence-corrected chi connectivity index (χ2v) is 6.67. The summed E-state index contributed by atoms with van der Waals surface area (Å²) >= 11 is 1.26. The number of nitrogens with one attached hydrogen (secondary N) is 1. The van der Waals surface area contributed by atoms with Gasteiger partial charge in [-0.3, -0.25) is 4.79 Å². The molecule has 0 aliphatic rings. The topological polar surface area (TPSA) is 59.3 Å². The molecule has 3 rings (SSSR count). The van der Waals surface area contributed by atoms with Crippen molar-refractivity contribution in [3.63, 3.8) is 0 Å². The lowest BCUT2D eigenvalue weighted by Gasteiger charge is -2.06. The summed E-state index contributed by atoms with van der Waals surface area (Å²) in [5, 5.41) is 4.66. The zero-order chi connectivity index (χ0) is 18.5. The minimum Gasteiger partial charge on any atom is -1.00 e. The van der Waals surface area contributed by atoms with Crippen LogP contribution < -0.4 is 26.9 Å². The lowest BCUT2D eigenvalue weighted by atomic mass is 10.1. The van der Waals surface area contributed by atoms with Crippen LogP contribution in [-0.4, -0.2) is 19.0 Å². The first kappa shape index (κ1) is 20.8. The number of thiophene rings is 1. The van der Waals surface area contributed by atoms with Crippen LogP contribution in [0.2, 0.25) is 0 Å². The van der Waals surface area contributed by atoms with Crippen molar-refractivity contribution < 1.29 is 35.9 Å². The number of esters is 1. The summed E-state index contributed by atoms with van der Waals surface area (Å²) in [6.45, 7) is 2.00. The molecule has 0 bridgehead atoms. The number of anilines is 1. The van der Waals surface area contributed by atoms with Gasteiger partial charge in [0, 0.05) is 11.6 Å². The van der Waals surface area contributed by atoms with Gasteiger partial charge in [-0.05, 0) is 29.5 Å². The number of hydrogen-bond donors (Lipinski definition) is 1. The van der Waals surface area contributed by atoms with E-state index in [0.717, 1.165) is 16.7 Å². The Morgan fingerprint density at radius 2 is 1.81 bits per heavy atom. The third-order valence-electron chi connectivity index (χ3n) is 3.90. The largest absolute Gasteiger partial charge is 1.00 e. The Morgan fingerprint density at radius 3 is 2.52 bits per heavy atom. The molecular weight excluding hydrogens is 428 g/mol. The Bertz CT molecular complexity index is 941. The first-order valence-corrected chi connectivity index (χ1v) is 8.97. The van der Waals surface area contributed by atoms with Gasteiger partial charge < -0.3 is 27.0 Å². The molecule has 0 saturated carbocycles. The average molecular weight is 447 g/mol. The molecule has 27 heavy (non-hydrogen) atoms. The third kappa shape index (κ3) is 5.02. The van der Waals surface area contributed by atoms with Gasteiger partial charge in [0.1, 0.15) is 4.88 Å². The minimum absolute atomic E-state index is 0. The van der Waals surface area contributed by atoms with E-state index < -0.39 is 5.97 Å². The monoisotopic (exact) mass is 446 g/mol. The SMILES string of the molecule is COC(=O)c1scc(C)c1NC(=O)C[n+]1cccc(-c2ccccc2)c1.[Br-]. The Balaban J connectivity index is 0.00000261. The number of nitrogens with zero attached hydrogens (tertiary/aromatic N) is 1. The van der Waals surface area contributed by atoms with Crippen LogP contribution in [0.25, 0.3) is 11.1 Å².